The molecule has 0 nitrogen and oxygen atoms in total. The summed E-state index contributed by atoms with van der Waals surface area (Å²) in [6, 6.07) is 0. The molecule has 0 amide bonds. The molecule has 19 heavy (non-hydrogen) atoms. The van der Waals surface area contributed by atoms with Crippen LogP contribution in [0.25, 0.3) is 0 Å². The average Bonchev–Trinajstić information content (AvgIpc) is 1.97. The first kappa shape index (κ1) is 33.6. The third-order valence-electron chi connectivity index (χ3n) is 0. The summed E-state index contributed by atoms with van der Waals surface area (Å²) >= 11 is -0.806. The number of rotatable bonds is 0. The van der Waals surface area contributed by atoms with Crippen molar-refractivity contribution >= 4 is 50.5 Å². The Morgan fingerprint density at radius 3 is 0.421 bits per heavy atom. The van der Waals surface area contributed by atoms with E-state index in [0.29, 0.717) is 0 Å². The van der Waals surface area contributed by atoms with E-state index in [2.05, 4.69) is 80.0 Å². The Hall–Kier alpha value is 2.99. The van der Waals surface area contributed by atoms with Crippen LogP contribution in [0, 0.1) is 0 Å². The van der Waals surface area contributed by atoms with Crippen molar-refractivity contribution in [2.45, 2.75) is 0 Å². The monoisotopic (exact) mass is 562 g/mol. The molecule has 0 aliphatic rings. The zero-order chi connectivity index (χ0) is 17.0. The fourth-order valence-corrected chi connectivity index (χ4v) is 0. The van der Waals surface area contributed by atoms with Crippen molar-refractivity contribution in [2.75, 3.05) is 80.0 Å². The van der Waals surface area contributed by atoms with E-state index < -0.39 is 16.5 Å². The number of halogens is 2. The van der Waals surface area contributed by atoms with Gasteiger partial charge in [0.2, 0.25) is 0 Å². The number of hydrogen-bond acceptors (Lipinski definition) is 0. The van der Waals surface area contributed by atoms with Gasteiger partial charge in [0.1, 0.15) is 0 Å². The van der Waals surface area contributed by atoms with Crippen LogP contribution in [0.1, 0.15) is 0 Å². The van der Waals surface area contributed by atoms with Crippen LogP contribution in [0.4, 0.5) is 0 Å². The van der Waals surface area contributed by atoms with Gasteiger partial charge in [0.15, 0.2) is 0 Å². The van der Waals surface area contributed by atoms with Crippen LogP contribution < -0.4 is 0 Å². The van der Waals surface area contributed by atoms with Crippen molar-refractivity contribution in [1.29, 1.82) is 0 Å². The Morgan fingerprint density at radius 1 is 0.421 bits per heavy atom. The van der Waals surface area contributed by atoms with Crippen LogP contribution in [-0.2, 0) is 16.5 Å². The molecular formula is C12H40Cl2P4W+4. The Balaban J connectivity index is -0.0000000432. The van der Waals surface area contributed by atoms with Crippen LogP contribution in [-0.4, -0.2) is 80.0 Å². The van der Waals surface area contributed by atoms with E-state index in [1.807, 2.05) is 0 Å². The maximum absolute atomic E-state index is 4.93. The van der Waals surface area contributed by atoms with Gasteiger partial charge in [-0.05, 0) is 31.7 Å². The van der Waals surface area contributed by atoms with Gasteiger partial charge < -0.3 is 0 Å². The minimum atomic E-state index is -0.806. The SMILES string of the molecule is C[PH+](C)C.C[PH+](C)C.C[PH+](C)C.C[PH+](C)C.[Cl][W][Cl]. The van der Waals surface area contributed by atoms with Crippen molar-refractivity contribution < 1.29 is 16.5 Å². The molecule has 0 heterocycles. The van der Waals surface area contributed by atoms with Gasteiger partial charge in [-0.1, -0.05) is 0 Å². The molecule has 0 aromatic rings. The molecule has 0 aromatic carbocycles. The van der Waals surface area contributed by atoms with Crippen molar-refractivity contribution in [3.05, 3.63) is 0 Å². The van der Waals surface area contributed by atoms with Gasteiger partial charge in [0.05, 0.1) is 0 Å². The minimum absolute atomic E-state index is 0.120. The molecule has 0 aliphatic carbocycles. The summed E-state index contributed by atoms with van der Waals surface area (Å²) in [5.74, 6) is 0. The second-order valence-corrected chi connectivity index (χ2v) is 22.3. The first-order valence-corrected chi connectivity index (χ1v) is 25.6. The van der Waals surface area contributed by atoms with E-state index in [9.17, 15) is 0 Å². The molecule has 0 aliphatic heterocycles. The fourth-order valence-electron chi connectivity index (χ4n) is 0. The van der Waals surface area contributed by atoms with E-state index in [0.717, 1.165) is 0 Å². The summed E-state index contributed by atoms with van der Waals surface area (Å²) in [5, 5.41) is 0. The molecule has 0 saturated heterocycles. The predicted octanol–water partition coefficient (Wildman–Crippen LogP) is 5.74. The van der Waals surface area contributed by atoms with Gasteiger partial charge in [0.25, 0.3) is 0 Å². The van der Waals surface area contributed by atoms with Crippen LogP contribution in [0.15, 0.2) is 0 Å². The standard InChI is InChI=1S/4C3H9P.2ClH.W/c4*1-4(2)3;;;/h4*1-3H3;2*1H;/q;;;;;;+2/p+2. The van der Waals surface area contributed by atoms with E-state index >= 15 is 0 Å². The number of hydrogen-bond donors (Lipinski definition) is 0. The van der Waals surface area contributed by atoms with E-state index in [1.165, 1.54) is 0 Å². The molecule has 0 bridgehead atoms. The topological polar surface area (TPSA) is 0 Å². The second-order valence-electron chi connectivity index (χ2n) is 6.06. The van der Waals surface area contributed by atoms with Crippen LogP contribution in [0.3, 0.4) is 0 Å². The van der Waals surface area contributed by atoms with Gasteiger partial charge in [-0.3, -0.25) is 0 Å². The first-order chi connectivity index (χ1) is 8.34. The Kier molecular flexibility index (Phi) is 57.9. The Bertz CT molecular complexity index is 80.9. The molecule has 0 radical (unpaired) electrons. The fraction of sp³-hybridized carbons (Fsp3) is 1.00. The van der Waals surface area contributed by atoms with Crippen molar-refractivity contribution in [3.63, 3.8) is 0 Å². The Morgan fingerprint density at radius 2 is 0.421 bits per heavy atom. The van der Waals surface area contributed by atoms with Gasteiger partial charge in [-0.25, -0.2) is 0 Å². The normalized spacial score (nSPS) is 8.53. The average molecular weight is 563 g/mol. The molecule has 0 fully saturated rings. The zero-order valence-electron chi connectivity index (χ0n) is 15.2. The van der Waals surface area contributed by atoms with Crippen LogP contribution in [0.2, 0.25) is 0 Å². The van der Waals surface area contributed by atoms with E-state index in [-0.39, 0.29) is 31.7 Å². The summed E-state index contributed by atoms with van der Waals surface area (Å²) in [6.45, 7) is 27.2. The van der Waals surface area contributed by atoms with Crippen LogP contribution >= 0.6 is 50.5 Å². The van der Waals surface area contributed by atoms with Gasteiger partial charge in [-0.15, -0.1) is 0 Å². The summed E-state index contributed by atoms with van der Waals surface area (Å²) < 4.78 is 0. The van der Waals surface area contributed by atoms with Gasteiger partial charge in [-0.2, -0.15) is 0 Å². The molecule has 0 saturated carbocycles. The quantitative estimate of drug-likeness (QED) is 0.331. The summed E-state index contributed by atoms with van der Waals surface area (Å²) in [5.41, 5.74) is 0. The van der Waals surface area contributed by atoms with E-state index in [4.69, 9.17) is 18.8 Å². The second kappa shape index (κ2) is 32.8. The zero-order valence-corrected chi connectivity index (χ0v) is 23.6. The molecular weight excluding hydrogens is 523 g/mol. The molecule has 7 heteroatoms. The van der Waals surface area contributed by atoms with Crippen molar-refractivity contribution in [1.82, 2.24) is 0 Å². The molecule has 0 spiro atoms. The van der Waals surface area contributed by atoms with Crippen LogP contribution in [0.5, 0.6) is 0 Å². The molecule has 0 unspecified atom stereocenters. The maximum atomic E-state index is 4.93. The first-order valence-electron chi connectivity index (χ1n) is 6.31. The molecule has 0 atom stereocenters. The molecule has 124 valence electrons. The van der Waals surface area contributed by atoms with Gasteiger partial charge >= 0.3 is 35.3 Å². The predicted molar refractivity (Wildman–Crippen MR) is 116 cm³/mol. The summed E-state index contributed by atoms with van der Waals surface area (Å²) in [4.78, 5) is 0. The third kappa shape index (κ3) is 847. The Labute approximate surface area is 146 Å². The molecule has 0 aromatic heterocycles. The third-order valence-corrected chi connectivity index (χ3v) is 0. The van der Waals surface area contributed by atoms with E-state index in [1.54, 1.807) is 0 Å². The van der Waals surface area contributed by atoms with Crippen molar-refractivity contribution in [2.24, 2.45) is 0 Å². The van der Waals surface area contributed by atoms with Crippen molar-refractivity contribution in [3.8, 4) is 0 Å². The molecule has 0 N–H and O–H groups in total. The summed E-state index contributed by atoms with van der Waals surface area (Å²) in [7, 11) is 10.3. The summed E-state index contributed by atoms with van der Waals surface area (Å²) in [6.07, 6.45) is 0. The molecule has 0 rings (SSSR count). The van der Waals surface area contributed by atoms with Gasteiger partial charge in [0, 0.05) is 80.0 Å².